The van der Waals surface area contributed by atoms with Crippen LogP contribution in [0, 0.1) is 0 Å². The molecule has 0 aliphatic carbocycles. The number of hydrogen-bond acceptors (Lipinski definition) is 9. The zero-order valence-corrected chi connectivity index (χ0v) is 23.5. The number of carbonyl (C=O) groups excluding carboxylic acids is 2. The number of ether oxygens (including phenoxy) is 6. The summed E-state index contributed by atoms with van der Waals surface area (Å²) in [4.78, 5) is 22.4. The summed E-state index contributed by atoms with van der Waals surface area (Å²) in [5, 5.41) is 8.06. The molecular formula is C29H44O9. The van der Waals surface area contributed by atoms with Gasteiger partial charge in [0.1, 0.15) is 44.5 Å². The van der Waals surface area contributed by atoms with E-state index in [9.17, 15) is 9.59 Å². The summed E-state index contributed by atoms with van der Waals surface area (Å²) in [6, 6.07) is 7.25. The van der Waals surface area contributed by atoms with Gasteiger partial charge in [0.25, 0.3) is 0 Å². The van der Waals surface area contributed by atoms with Crippen molar-refractivity contribution in [3.05, 3.63) is 79.3 Å². The minimum absolute atomic E-state index is 0.167. The van der Waals surface area contributed by atoms with Crippen molar-refractivity contribution in [3.63, 3.8) is 0 Å². The van der Waals surface area contributed by atoms with Gasteiger partial charge in [-0.3, -0.25) is 4.79 Å². The highest BCUT2D eigenvalue weighted by molar-refractivity contribution is 5.86. The third-order valence-electron chi connectivity index (χ3n) is 3.83. The molecule has 0 aliphatic rings. The molecule has 0 radical (unpaired) electrons. The molecule has 0 saturated heterocycles. The molecule has 0 atom stereocenters. The third kappa shape index (κ3) is 24.1. The molecule has 0 saturated carbocycles. The minimum atomic E-state index is -0.364. The molecule has 1 aromatic rings. The quantitative estimate of drug-likeness (QED) is 0.107. The Morgan fingerprint density at radius 2 is 1.42 bits per heavy atom. The Hall–Kier alpha value is -3.56. The summed E-state index contributed by atoms with van der Waals surface area (Å²) in [7, 11) is 1.55. The summed E-state index contributed by atoms with van der Waals surface area (Å²) in [5.74, 6) is 0.538. The number of rotatable bonds is 16. The van der Waals surface area contributed by atoms with Crippen LogP contribution >= 0.6 is 0 Å². The fourth-order valence-electron chi connectivity index (χ4n) is 2.00. The molecule has 0 fully saturated rings. The number of esters is 2. The normalized spacial score (nSPS) is 9.45. The van der Waals surface area contributed by atoms with E-state index in [1.54, 1.807) is 46.9 Å². The zero-order valence-electron chi connectivity index (χ0n) is 23.5. The van der Waals surface area contributed by atoms with Gasteiger partial charge < -0.3 is 33.5 Å². The van der Waals surface area contributed by atoms with E-state index in [1.807, 2.05) is 12.1 Å². The molecule has 1 aromatic carbocycles. The molecule has 0 aromatic heterocycles. The lowest BCUT2D eigenvalue weighted by Crippen LogP contribution is -2.12. The maximum atomic E-state index is 11.7. The van der Waals surface area contributed by atoms with Crippen molar-refractivity contribution in [1.29, 1.82) is 0 Å². The predicted molar refractivity (Wildman–Crippen MR) is 148 cm³/mol. The van der Waals surface area contributed by atoms with Crippen LogP contribution in [0.1, 0.15) is 33.3 Å². The fraction of sp³-hybridized carbons (Fsp3) is 0.448. The lowest BCUT2D eigenvalue weighted by molar-refractivity contribution is -0.144. The summed E-state index contributed by atoms with van der Waals surface area (Å²) < 4.78 is 30.2. The smallest absolute Gasteiger partial charge is 0.333 e. The first kappa shape index (κ1) is 36.6. The molecule has 1 rings (SSSR count). The Labute approximate surface area is 227 Å². The molecule has 9 nitrogen and oxygen atoms in total. The number of hydrogen-bond donors (Lipinski definition) is 1. The lowest BCUT2D eigenvalue weighted by Gasteiger charge is -2.09. The summed E-state index contributed by atoms with van der Waals surface area (Å²) in [6.45, 7) is 23.2. The van der Waals surface area contributed by atoms with E-state index in [2.05, 4.69) is 35.8 Å². The number of methoxy groups -OCH3 is 1. The van der Waals surface area contributed by atoms with E-state index in [-0.39, 0.29) is 37.7 Å². The van der Waals surface area contributed by atoms with Crippen molar-refractivity contribution in [2.24, 2.45) is 0 Å². The maximum absolute atomic E-state index is 11.7. The van der Waals surface area contributed by atoms with Crippen molar-refractivity contribution in [3.8, 4) is 5.75 Å². The second kappa shape index (κ2) is 23.8. The van der Waals surface area contributed by atoms with Crippen molar-refractivity contribution in [2.45, 2.75) is 40.2 Å². The van der Waals surface area contributed by atoms with Crippen molar-refractivity contribution < 1.29 is 43.1 Å². The molecule has 0 bridgehead atoms. The average Bonchev–Trinajstić information content (AvgIpc) is 2.85. The van der Waals surface area contributed by atoms with Crippen LogP contribution in [0.4, 0.5) is 0 Å². The first-order valence-corrected chi connectivity index (χ1v) is 12.0. The Balaban J connectivity index is 0. The van der Waals surface area contributed by atoms with Crippen LogP contribution in [-0.2, 0) is 39.7 Å². The second-order valence-electron chi connectivity index (χ2n) is 7.98. The van der Waals surface area contributed by atoms with Gasteiger partial charge in [-0.25, -0.2) is 4.79 Å². The van der Waals surface area contributed by atoms with E-state index in [0.29, 0.717) is 43.5 Å². The monoisotopic (exact) mass is 536 g/mol. The number of allylic oxidation sites excluding steroid dienone is 1. The van der Waals surface area contributed by atoms with Crippen LogP contribution in [0.5, 0.6) is 5.75 Å². The Bertz CT molecular complexity index is 839. The molecule has 0 amide bonds. The van der Waals surface area contributed by atoms with Gasteiger partial charge in [0, 0.05) is 18.8 Å². The summed E-state index contributed by atoms with van der Waals surface area (Å²) in [6.07, 6.45) is 1.40. The highest BCUT2D eigenvalue weighted by atomic mass is 16.6. The first-order valence-electron chi connectivity index (χ1n) is 12.0. The molecule has 9 heteroatoms. The van der Waals surface area contributed by atoms with E-state index in [4.69, 9.17) is 24.1 Å². The van der Waals surface area contributed by atoms with E-state index in [1.165, 1.54) is 6.26 Å². The van der Waals surface area contributed by atoms with Crippen molar-refractivity contribution in [1.82, 2.24) is 0 Å². The second-order valence-corrected chi connectivity index (χ2v) is 7.98. The number of aliphatic hydroxyl groups is 1. The molecule has 214 valence electrons. The van der Waals surface area contributed by atoms with Gasteiger partial charge in [-0.2, -0.15) is 0 Å². The lowest BCUT2D eigenvalue weighted by atomic mass is 10.1. The van der Waals surface area contributed by atoms with Gasteiger partial charge >= 0.3 is 11.9 Å². The molecule has 0 spiro atoms. The van der Waals surface area contributed by atoms with Crippen LogP contribution in [-0.4, -0.2) is 69.9 Å². The largest absolute Gasteiger partial charge is 0.498 e. The average molecular weight is 537 g/mol. The molecule has 1 N–H and O–H groups in total. The molecule has 0 heterocycles. The highest BCUT2D eigenvalue weighted by Crippen LogP contribution is 2.13. The van der Waals surface area contributed by atoms with Gasteiger partial charge in [-0.05, 0) is 51.0 Å². The number of benzene rings is 1. The highest BCUT2D eigenvalue weighted by Gasteiger charge is 2.06. The van der Waals surface area contributed by atoms with Crippen LogP contribution in [0.2, 0.25) is 0 Å². The Kier molecular flexibility index (Phi) is 22.9. The third-order valence-corrected chi connectivity index (χ3v) is 3.83. The fourth-order valence-corrected chi connectivity index (χ4v) is 2.00. The topological polar surface area (TPSA) is 110 Å². The van der Waals surface area contributed by atoms with Crippen molar-refractivity contribution >= 4 is 11.9 Å². The summed E-state index contributed by atoms with van der Waals surface area (Å²) >= 11 is 0. The maximum Gasteiger partial charge on any atom is 0.333 e. The zero-order chi connectivity index (χ0) is 29.3. The van der Waals surface area contributed by atoms with Gasteiger partial charge in [0.2, 0.25) is 0 Å². The molecule has 0 unspecified atom stereocenters. The first-order chi connectivity index (χ1) is 17.9. The van der Waals surface area contributed by atoms with Crippen LogP contribution < -0.4 is 4.74 Å². The number of aliphatic hydroxyl groups excluding tert-OH is 1. The van der Waals surface area contributed by atoms with Crippen LogP contribution in [0.3, 0.4) is 0 Å². The minimum Gasteiger partial charge on any atom is -0.498 e. The van der Waals surface area contributed by atoms with Crippen LogP contribution in [0.15, 0.2) is 73.7 Å². The van der Waals surface area contributed by atoms with Gasteiger partial charge in [-0.15, -0.1) is 0 Å². The van der Waals surface area contributed by atoms with Crippen molar-refractivity contribution in [2.75, 3.05) is 46.8 Å². The molecule has 0 aliphatic heterocycles. The van der Waals surface area contributed by atoms with E-state index in [0.717, 1.165) is 11.1 Å². The van der Waals surface area contributed by atoms with Gasteiger partial charge in [0.15, 0.2) is 0 Å². The molecular weight excluding hydrogens is 492 g/mol. The SMILES string of the molecule is C=C(C)C(=O)OCCOC.C=COCCOc1ccc(CC(=O)OCCOC(=C)C(=C)C)cc1.CC(C)O. The van der Waals surface area contributed by atoms with Gasteiger partial charge in [0.05, 0.1) is 19.3 Å². The standard InChI is InChI=1S/C19H24O5.C7H12O3.C3H8O/c1-5-21-10-11-23-18-8-6-17(7-9-18)14-19(20)24-13-12-22-16(4)15(2)3;1-6(2)7(8)10-5-4-9-3;1-3(2)4/h5-9H,1-2,4,10-14H2,3H3;1,4-5H2,2-3H3;3-4H,1-2H3. The van der Waals surface area contributed by atoms with E-state index < -0.39 is 0 Å². The Morgan fingerprint density at radius 1 is 0.868 bits per heavy atom. The summed E-state index contributed by atoms with van der Waals surface area (Å²) in [5.41, 5.74) is 2.01. The van der Waals surface area contributed by atoms with E-state index >= 15 is 0 Å². The molecule has 38 heavy (non-hydrogen) atoms. The predicted octanol–water partition coefficient (Wildman–Crippen LogP) is 4.56. The van der Waals surface area contributed by atoms with Gasteiger partial charge in [-0.1, -0.05) is 38.4 Å². The number of carbonyl (C=O) groups is 2. The van der Waals surface area contributed by atoms with Crippen LogP contribution in [0.25, 0.3) is 0 Å². The Morgan fingerprint density at radius 3 is 1.92 bits per heavy atom.